The summed E-state index contributed by atoms with van der Waals surface area (Å²) in [5, 5.41) is 0.604. The summed E-state index contributed by atoms with van der Waals surface area (Å²) in [6.45, 7) is 4.65. The van der Waals surface area contributed by atoms with Crippen molar-refractivity contribution in [3.63, 3.8) is 0 Å². The van der Waals surface area contributed by atoms with E-state index >= 15 is 0 Å². The van der Waals surface area contributed by atoms with Crippen molar-refractivity contribution in [1.29, 1.82) is 0 Å². The first kappa shape index (κ1) is 15.6. The average molecular weight is 319 g/mol. The van der Waals surface area contributed by atoms with E-state index < -0.39 is 0 Å². The van der Waals surface area contributed by atoms with E-state index in [0.29, 0.717) is 16.6 Å². The van der Waals surface area contributed by atoms with Gasteiger partial charge in [0.25, 0.3) is 0 Å². The molecule has 0 bridgehead atoms. The highest BCUT2D eigenvalue weighted by Crippen LogP contribution is 2.21. The van der Waals surface area contributed by atoms with Gasteiger partial charge in [-0.3, -0.25) is 4.79 Å². The molecule has 0 N–H and O–H groups in total. The molecule has 1 atom stereocenters. The highest BCUT2D eigenvalue weighted by Gasteiger charge is 2.25. The third-order valence-corrected chi connectivity index (χ3v) is 4.85. The summed E-state index contributed by atoms with van der Waals surface area (Å²) in [6.07, 6.45) is 8.77. The molecule has 2 aliphatic rings. The number of benzene rings is 1. The summed E-state index contributed by atoms with van der Waals surface area (Å²) in [7, 11) is 0. The molecule has 2 heterocycles. The third-order valence-electron chi connectivity index (χ3n) is 4.62. The number of hydrogen-bond donors (Lipinski definition) is 0. The van der Waals surface area contributed by atoms with Gasteiger partial charge in [0.1, 0.15) is 0 Å². The number of likely N-dealkylation sites (tertiary alicyclic amines) is 2. The minimum absolute atomic E-state index is 0.0225. The van der Waals surface area contributed by atoms with Crippen LogP contribution in [0.3, 0.4) is 0 Å². The predicted octanol–water partition coefficient (Wildman–Crippen LogP) is 3.60. The normalized spacial score (nSPS) is 22.8. The smallest absolute Gasteiger partial charge is 0.187 e. The fraction of sp³-hybridized carbons (Fsp3) is 0.500. The van der Waals surface area contributed by atoms with Gasteiger partial charge in [0.2, 0.25) is 0 Å². The van der Waals surface area contributed by atoms with E-state index in [2.05, 4.69) is 9.80 Å². The average Bonchev–Trinajstić information content (AvgIpc) is 3.17. The zero-order valence-corrected chi connectivity index (χ0v) is 13.6. The van der Waals surface area contributed by atoms with Crippen molar-refractivity contribution in [2.24, 2.45) is 0 Å². The first-order valence-electron chi connectivity index (χ1n) is 8.18. The first-order chi connectivity index (χ1) is 10.7. The predicted molar refractivity (Wildman–Crippen MR) is 90.3 cm³/mol. The van der Waals surface area contributed by atoms with Crippen LogP contribution in [0.4, 0.5) is 0 Å². The summed E-state index contributed by atoms with van der Waals surface area (Å²) in [5.41, 5.74) is 0.652. The van der Waals surface area contributed by atoms with Gasteiger partial charge in [0, 0.05) is 42.0 Å². The zero-order chi connectivity index (χ0) is 15.4. The van der Waals surface area contributed by atoms with Gasteiger partial charge in [-0.05, 0) is 50.9 Å². The molecule has 0 amide bonds. The number of halogens is 1. The monoisotopic (exact) mass is 318 g/mol. The van der Waals surface area contributed by atoms with Crippen LogP contribution in [0.25, 0.3) is 0 Å². The largest absolute Gasteiger partial charge is 0.373 e. The second-order valence-corrected chi connectivity index (χ2v) is 6.67. The van der Waals surface area contributed by atoms with E-state index in [1.807, 2.05) is 18.3 Å². The molecule has 0 radical (unpaired) electrons. The van der Waals surface area contributed by atoms with Gasteiger partial charge >= 0.3 is 0 Å². The van der Waals surface area contributed by atoms with Gasteiger partial charge in [0.05, 0.1) is 0 Å². The fourth-order valence-electron chi connectivity index (χ4n) is 3.41. The number of nitrogens with zero attached hydrogens (tertiary/aromatic N) is 2. The van der Waals surface area contributed by atoms with E-state index in [0.717, 1.165) is 13.1 Å². The first-order valence-corrected chi connectivity index (χ1v) is 8.56. The molecule has 3 rings (SSSR count). The van der Waals surface area contributed by atoms with Crippen LogP contribution in [0.1, 0.15) is 36.0 Å². The Hall–Kier alpha value is -1.32. The lowest BCUT2D eigenvalue weighted by atomic mass is 10.1. The van der Waals surface area contributed by atoms with E-state index in [4.69, 9.17) is 11.6 Å². The minimum atomic E-state index is 0.0225. The Morgan fingerprint density at radius 2 is 2.05 bits per heavy atom. The lowest BCUT2D eigenvalue weighted by molar-refractivity contribution is 0.104. The molecular formula is C18H23ClN2O. The summed E-state index contributed by atoms with van der Waals surface area (Å²) >= 11 is 5.94. The Balaban J connectivity index is 1.59. The Kier molecular flexibility index (Phi) is 5.16. The minimum Gasteiger partial charge on any atom is -0.373 e. The number of rotatable bonds is 5. The topological polar surface area (TPSA) is 23.6 Å². The van der Waals surface area contributed by atoms with E-state index in [1.165, 1.54) is 38.8 Å². The highest BCUT2D eigenvalue weighted by atomic mass is 35.5. The van der Waals surface area contributed by atoms with Crippen molar-refractivity contribution < 1.29 is 4.79 Å². The number of allylic oxidation sites excluding steroid dienone is 1. The van der Waals surface area contributed by atoms with Crippen LogP contribution < -0.4 is 0 Å². The summed E-state index contributed by atoms with van der Waals surface area (Å²) in [6, 6.07) is 7.69. The Bertz CT molecular complexity index is 552. The SMILES string of the molecule is O=C(/C=C/N1CCC[C@H]1CN1CCCC1)c1cccc(Cl)c1. The standard InChI is InChI=1S/C18H23ClN2O/c19-16-6-3-5-15(13-16)18(22)8-12-21-11-4-7-17(21)14-20-9-1-2-10-20/h3,5-6,8,12-13,17H,1-2,4,7,9-11,14H2/b12-8+/t17-/m0/s1. The maximum Gasteiger partial charge on any atom is 0.187 e. The van der Waals surface area contributed by atoms with Gasteiger partial charge in [-0.25, -0.2) is 0 Å². The third kappa shape index (κ3) is 3.90. The summed E-state index contributed by atoms with van der Waals surface area (Å²) < 4.78 is 0. The van der Waals surface area contributed by atoms with Gasteiger partial charge in [-0.1, -0.05) is 23.7 Å². The van der Waals surface area contributed by atoms with Crippen LogP contribution in [0, 0.1) is 0 Å². The van der Waals surface area contributed by atoms with Crippen molar-refractivity contribution in [2.45, 2.75) is 31.7 Å². The molecule has 0 saturated carbocycles. The molecule has 1 aromatic carbocycles. The maximum atomic E-state index is 12.2. The lowest BCUT2D eigenvalue weighted by Crippen LogP contribution is -2.36. The molecule has 0 aromatic heterocycles. The second kappa shape index (κ2) is 7.30. The molecule has 22 heavy (non-hydrogen) atoms. The number of carbonyl (C=O) groups is 1. The van der Waals surface area contributed by atoms with E-state index in [1.54, 1.807) is 18.2 Å². The fourth-order valence-corrected chi connectivity index (χ4v) is 3.61. The number of carbonyl (C=O) groups excluding carboxylic acids is 1. The zero-order valence-electron chi connectivity index (χ0n) is 12.9. The molecule has 2 saturated heterocycles. The van der Waals surface area contributed by atoms with Crippen LogP contribution in [-0.4, -0.2) is 47.8 Å². The summed E-state index contributed by atoms with van der Waals surface area (Å²) in [5.74, 6) is 0.0225. The van der Waals surface area contributed by atoms with E-state index in [9.17, 15) is 4.79 Å². The maximum absolute atomic E-state index is 12.2. The summed E-state index contributed by atoms with van der Waals surface area (Å²) in [4.78, 5) is 17.1. The van der Waals surface area contributed by atoms with Crippen molar-refractivity contribution in [2.75, 3.05) is 26.2 Å². The number of hydrogen-bond acceptors (Lipinski definition) is 3. The van der Waals surface area contributed by atoms with Crippen molar-refractivity contribution >= 4 is 17.4 Å². The second-order valence-electron chi connectivity index (χ2n) is 6.23. The molecule has 0 unspecified atom stereocenters. The van der Waals surface area contributed by atoms with Gasteiger partial charge < -0.3 is 9.80 Å². The Morgan fingerprint density at radius 3 is 2.82 bits per heavy atom. The molecule has 2 aliphatic heterocycles. The van der Waals surface area contributed by atoms with Gasteiger partial charge in [0.15, 0.2) is 5.78 Å². The van der Waals surface area contributed by atoms with Crippen molar-refractivity contribution in [3.8, 4) is 0 Å². The molecular weight excluding hydrogens is 296 g/mol. The molecule has 2 fully saturated rings. The molecule has 4 heteroatoms. The van der Waals surface area contributed by atoms with Gasteiger partial charge in [-0.2, -0.15) is 0 Å². The van der Waals surface area contributed by atoms with Crippen LogP contribution in [0.5, 0.6) is 0 Å². The van der Waals surface area contributed by atoms with Crippen LogP contribution in [0.2, 0.25) is 5.02 Å². The van der Waals surface area contributed by atoms with Gasteiger partial charge in [-0.15, -0.1) is 0 Å². The lowest BCUT2D eigenvalue weighted by Gasteiger charge is -2.27. The van der Waals surface area contributed by atoms with Crippen molar-refractivity contribution in [1.82, 2.24) is 9.80 Å². The Morgan fingerprint density at radius 1 is 1.23 bits per heavy atom. The van der Waals surface area contributed by atoms with Crippen LogP contribution in [-0.2, 0) is 0 Å². The Labute approximate surface area is 137 Å². The number of ketones is 1. The van der Waals surface area contributed by atoms with Crippen molar-refractivity contribution in [3.05, 3.63) is 47.1 Å². The quantitative estimate of drug-likeness (QED) is 0.612. The van der Waals surface area contributed by atoms with Crippen LogP contribution in [0.15, 0.2) is 36.5 Å². The van der Waals surface area contributed by atoms with Crippen LogP contribution >= 0.6 is 11.6 Å². The molecule has 3 nitrogen and oxygen atoms in total. The van der Waals surface area contributed by atoms with E-state index in [-0.39, 0.29) is 5.78 Å². The molecule has 1 aromatic rings. The highest BCUT2D eigenvalue weighted by molar-refractivity contribution is 6.31. The molecule has 0 aliphatic carbocycles. The molecule has 118 valence electrons. The molecule has 0 spiro atoms.